The summed E-state index contributed by atoms with van der Waals surface area (Å²) in [7, 11) is 1.61. The Hall–Kier alpha value is -1.69. The molecular formula is C12H13BrN4O. The molecule has 0 saturated carbocycles. The van der Waals surface area contributed by atoms with Crippen LogP contribution in [0.15, 0.2) is 35.2 Å². The largest absolute Gasteiger partial charge is 0.481 e. The number of methoxy groups -OCH3 is 1. The van der Waals surface area contributed by atoms with Gasteiger partial charge in [-0.2, -0.15) is 0 Å². The SMILES string of the molecule is COc1cc(CCNc2ncc(Br)cn2)ccn1. The van der Waals surface area contributed by atoms with Gasteiger partial charge >= 0.3 is 0 Å². The summed E-state index contributed by atoms with van der Waals surface area (Å²) in [5.41, 5.74) is 1.16. The lowest BCUT2D eigenvalue weighted by Crippen LogP contribution is -2.07. The smallest absolute Gasteiger partial charge is 0.222 e. The number of hydrogen-bond acceptors (Lipinski definition) is 5. The second-order valence-electron chi connectivity index (χ2n) is 3.61. The second-order valence-corrected chi connectivity index (χ2v) is 4.52. The summed E-state index contributed by atoms with van der Waals surface area (Å²) in [4.78, 5) is 12.3. The molecule has 0 saturated heterocycles. The Morgan fingerprint density at radius 1 is 1.28 bits per heavy atom. The Morgan fingerprint density at radius 2 is 2.06 bits per heavy atom. The van der Waals surface area contributed by atoms with Crippen LogP contribution in [0.25, 0.3) is 0 Å². The summed E-state index contributed by atoms with van der Waals surface area (Å²) >= 11 is 3.29. The predicted molar refractivity (Wildman–Crippen MR) is 72.7 cm³/mol. The zero-order valence-corrected chi connectivity index (χ0v) is 11.5. The average molecular weight is 309 g/mol. The number of rotatable bonds is 5. The molecule has 2 rings (SSSR count). The van der Waals surface area contributed by atoms with E-state index in [1.54, 1.807) is 25.7 Å². The van der Waals surface area contributed by atoms with Crippen molar-refractivity contribution in [1.82, 2.24) is 15.0 Å². The molecule has 0 aromatic carbocycles. The Labute approximate surface area is 114 Å². The molecule has 2 heterocycles. The summed E-state index contributed by atoms with van der Waals surface area (Å²) in [6.45, 7) is 0.759. The summed E-state index contributed by atoms with van der Waals surface area (Å²) in [5, 5.41) is 3.15. The molecule has 5 nitrogen and oxygen atoms in total. The maximum absolute atomic E-state index is 5.07. The van der Waals surface area contributed by atoms with Crippen molar-refractivity contribution in [2.75, 3.05) is 19.0 Å². The van der Waals surface area contributed by atoms with Gasteiger partial charge in [0.05, 0.1) is 11.6 Å². The van der Waals surface area contributed by atoms with Gasteiger partial charge in [0.25, 0.3) is 0 Å². The molecule has 18 heavy (non-hydrogen) atoms. The molecule has 2 aromatic heterocycles. The van der Waals surface area contributed by atoms with Gasteiger partial charge in [-0.1, -0.05) is 0 Å². The van der Waals surface area contributed by atoms with E-state index < -0.39 is 0 Å². The molecule has 0 aliphatic heterocycles. The van der Waals surface area contributed by atoms with Crippen LogP contribution in [0.3, 0.4) is 0 Å². The zero-order chi connectivity index (χ0) is 12.8. The molecule has 2 aromatic rings. The Balaban J connectivity index is 1.86. The minimum absolute atomic E-state index is 0.624. The van der Waals surface area contributed by atoms with Gasteiger partial charge in [-0.15, -0.1) is 0 Å². The lowest BCUT2D eigenvalue weighted by atomic mass is 10.2. The lowest BCUT2D eigenvalue weighted by Gasteiger charge is -2.05. The summed E-state index contributed by atoms with van der Waals surface area (Å²) in [6.07, 6.45) is 6.03. The van der Waals surface area contributed by atoms with Crippen LogP contribution in [-0.2, 0) is 6.42 Å². The molecule has 0 spiro atoms. The van der Waals surface area contributed by atoms with Crippen molar-refractivity contribution in [2.45, 2.75) is 6.42 Å². The first-order valence-electron chi connectivity index (χ1n) is 5.48. The van der Waals surface area contributed by atoms with E-state index in [1.807, 2.05) is 12.1 Å². The first-order valence-corrected chi connectivity index (χ1v) is 6.27. The standard InChI is InChI=1S/C12H13BrN4O/c1-18-11-6-9(2-4-14-11)3-5-15-12-16-7-10(13)8-17-12/h2,4,6-8H,3,5H2,1H3,(H,15,16,17). The third-order valence-corrected chi connectivity index (χ3v) is 2.74. The number of nitrogens with zero attached hydrogens (tertiary/aromatic N) is 3. The van der Waals surface area contributed by atoms with E-state index in [4.69, 9.17) is 4.74 Å². The number of aromatic nitrogens is 3. The third-order valence-electron chi connectivity index (χ3n) is 2.33. The van der Waals surface area contributed by atoms with Gasteiger partial charge in [0, 0.05) is 31.2 Å². The highest BCUT2D eigenvalue weighted by atomic mass is 79.9. The van der Waals surface area contributed by atoms with Crippen molar-refractivity contribution >= 4 is 21.9 Å². The van der Waals surface area contributed by atoms with E-state index in [2.05, 4.69) is 36.2 Å². The fourth-order valence-corrected chi connectivity index (χ4v) is 1.64. The molecule has 0 unspecified atom stereocenters. The van der Waals surface area contributed by atoms with Crippen LogP contribution in [0.4, 0.5) is 5.95 Å². The van der Waals surface area contributed by atoms with E-state index in [1.165, 1.54) is 0 Å². The maximum Gasteiger partial charge on any atom is 0.222 e. The molecule has 6 heteroatoms. The number of pyridine rings is 1. The topological polar surface area (TPSA) is 59.9 Å². The van der Waals surface area contributed by atoms with Crippen LogP contribution in [-0.4, -0.2) is 28.6 Å². The van der Waals surface area contributed by atoms with E-state index in [0.717, 1.165) is 23.0 Å². The minimum Gasteiger partial charge on any atom is -0.481 e. The number of ether oxygens (including phenoxy) is 1. The van der Waals surface area contributed by atoms with Gasteiger partial charge in [-0.05, 0) is 34.0 Å². The van der Waals surface area contributed by atoms with Gasteiger partial charge in [-0.25, -0.2) is 15.0 Å². The van der Waals surface area contributed by atoms with E-state index in [-0.39, 0.29) is 0 Å². The first-order chi connectivity index (χ1) is 8.78. The van der Waals surface area contributed by atoms with E-state index in [9.17, 15) is 0 Å². The molecular weight excluding hydrogens is 296 g/mol. The van der Waals surface area contributed by atoms with E-state index >= 15 is 0 Å². The van der Waals surface area contributed by atoms with Crippen LogP contribution < -0.4 is 10.1 Å². The van der Waals surface area contributed by atoms with Gasteiger partial charge < -0.3 is 10.1 Å². The molecule has 0 bridgehead atoms. The van der Waals surface area contributed by atoms with Crippen molar-refractivity contribution in [3.05, 3.63) is 40.8 Å². The molecule has 0 fully saturated rings. The summed E-state index contributed by atoms with van der Waals surface area (Å²) in [5.74, 6) is 1.26. The van der Waals surface area contributed by atoms with Crippen LogP contribution in [0.1, 0.15) is 5.56 Å². The van der Waals surface area contributed by atoms with Crippen molar-refractivity contribution in [2.24, 2.45) is 0 Å². The van der Waals surface area contributed by atoms with Crippen LogP contribution in [0.5, 0.6) is 5.88 Å². The highest BCUT2D eigenvalue weighted by Crippen LogP contribution is 2.10. The fraction of sp³-hybridized carbons (Fsp3) is 0.250. The number of nitrogens with one attached hydrogen (secondary N) is 1. The van der Waals surface area contributed by atoms with Crippen LogP contribution >= 0.6 is 15.9 Å². The summed E-state index contributed by atoms with van der Waals surface area (Å²) in [6, 6.07) is 3.89. The minimum atomic E-state index is 0.624. The van der Waals surface area contributed by atoms with Crippen molar-refractivity contribution in [3.63, 3.8) is 0 Å². The summed E-state index contributed by atoms with van der Waals surface area (Å²) < 4.78 is 5.94. The molecule has 0 atom stereocenters. The number of hydrogen-bond donors (Lipinski definition) is 1. The Morgan fingerprint density at radius 3 is 2.78 bits per heavy atom. The van der Waals surface area contributed by atoms with Gasteiger partial charge in [0.1, 0.15) is 0 Å². The van der Waals surface area contributed by atoms with Crippen LogP contribution in [0.2, 0.25) is 0 Å². The third kappa shape index (κ3) is 3.66. The fourth-order valence-electron chi connectivity index (χ4n) is 1.44. The molecule has 94 valence electrons. The first kappa shape index (κ1) is 12.8. The highest BCUT2D eigenvalue weighted by molar-refractivity contribution is 9.10. The van der Waals surface area contributed by atoms with Gasteiger partial charge in [0.15, 0.2) is 0 Å². The Kier molecular flexibility index (Phi) is 4.46. The van der Waals surface area contributed by atoms with Crippen molar-refractivity contribution < 1.29 is 4.74 Å². The van der Waals surface area contributed by atoms with Gasteiger partial charge in [-0.3, -0.25) is 0 Å². The quantitative estimate of drug-likeness (QED) is 0.918. The molecule has 0 amide bonds. The maximum atomic E-state index is 5.07. The molecule has 0 aliphatic carbocycles. The predicted octanol–water partition coefficient (Wildman–Crippen LogP) is 2.30. The van der Waals surface area contributed by atoms with Crippen LogP contribution in [0, 0.1) is 0 Å². The van der Waals surface area contributed by atoms with Crippen molar-refractivity contribution in [1.29, 1.82) is 0 Å². The molecule has 0 aliphatic rings. The Bertz CT molecular complexity index is 504. The normalized spacial score (nSPS) is 10.1. The monoisotopic (exact) mass is 308 g/mol. The second kappa shape index (κ2) is 6.30. The lowest BCUT2D eigenvalue weighted by molar-refractivity contribution is 0.397. The number of halogens is 1. The molecule has 0 radical (unpaired) electrons. The molecule has 1 N–H and O–H groups in total. The van der Waals surface area contributed by atoms with Crippen molar-refractivity contribution in [3.8, 4) is 5.88 Å². The zero-order valence-electron chi connectivity index (χ0n) is 9.93. The van der Waals surface area contributed by atoms with Gasteiger partial charge in [0.2, 0.25) is 11.8 Å². The average Bonchev–Trinajstić information content (AvgIpc) is 2.41. The highest BCUT2D eigenvalue weighted by Gasteiger charge is 1.98. The van der Waals surface area contributed by atoms with E-state index in [0.29, 0.717) is 11.8 Å². The number of anilines is 1.